The maximum atomic E-state index is 9.66. The summed E-state index contributed by atoms with van der Waals surface area (Å²) in [7, 11) is 0. The van der Waals surface area contributed by atoms with Crippen LogP contribution in [0.1, 0.15) is 50.7 Å². The summed E-state index contributed by atoms with van der Waals surface area (Å²) in [5, 5.41) is 9.66. The highest BCUT2D eigenvalue weighted by molar-refractivity contribution is 5.39. The quantitative estimate of drug-likeness (QED) is 0.708. The Balaban J connectivity index is 2.44. The van der Waals surface area contributed by atoms with Gasteiger partial charge in [-0.25, -0.2) is 0 Å². The van der Waals surface area contributed by atoms with Gasteiger partial charge in [-0.3, -0.25) is 0 Å². The van der Waals surface area contributed by atoms with Crippen molar-refractivity contribution >= 4 is 0 Å². The normalized spacial score (nSPS) is 24.5. The fourth-order valence-electron chi connectivity index (χ4n) is 2.86. The molecule has 1 heteroatoms. The van der Waals surface area contributed by atoms with Crippen LogP contribution in [0.5, 0.6) is 5.75 Å². The Labute approximate surface area is 104 Å². The highest BCUT2D eigenvalue weighted by atomic mass is 16.3. The second-order valence-corrected chi connectivity index (χ2v) is 5.26. The summed E-state index contributed by atoms with van der Waals surface area (Å²) >= 11 is 0. The summed E-state index contributed by atoms with van der Waals surface area (Å²) < 4.78 is 0. The first-order chi connectivity index (χ1) is 8.11. The molecular weight excluding hydrogens is 208 g/mol. The van der Waals surface area contributed by atoms with Crippen LogP contribution in [-0.4, -0.2) is 5.11 Å². The molecule has 92 valence electrons. The van der Waals surface area contributed by atoms with E-state index in [0.717, 1.165) is 19.3 Å². The third-order valence-corrected chi connectivity index (χ3v) is 4.02. The lowest BCUT2D eigenvalue weighted by molar-refractivity contribution is 0.468. The van der Waals surface area contributed by atoms with Crippen molar-refractivity contribution in [3.8, 4) is 5.75 Å². The predicted molar refractivity (Wildman–Crippen MR) is 72.4 cm³/mol. The number of hydrogen-bond donors (Lipinski definition) is 1. The SMILES string of the molecule is CCC1C=C(C)CCc2ccc(O)cc2C1C. The molecule has 0 saturated carbocycles. The zero-order valence-corrected chi connectivity index (χ0v) is 11.0. The van der Waals surface area contributed by atoms with Gasteiger partial charge in [-0.1, -0.05) is 31.6 Å². The Kier molecular flexibility index (Phi) is 3.56. The van der Waals surface area contributed by atoms with Crippen molar-refractivity contribution in [3.05, 3.63) is 41.0 Å². The number of allylic oxidation sites excluding steroid dienone is 2. The molecule has 0 saturated heterocycles. The lowest BCUT2D eigenvalue weighted by Gasteiger charge is -2.26. The fraction of sp³-hybridized carbons (Fsp3) is 0.500. The van der Waals surface area contributed by atoms with Gasteiger partial charge in [-0.2, -0.15) is 0 Å². The highest BCUT2D eigenvalue weighted by Crippen LogP contribution is 2.35. The van der Waals surface area contributed by atoms with Crippen LogP contribution in [0.3, 0.4) is 0 Å². The molecule has 2 unspecified atom stereocenters. The summed E-state index contributed by atoms with van der Waals surface area (Å²) in [4.78, 5) is 0. The summed E-state index contributed by atoms with van der Waals surface area (Å²) in [5.41, 5.74) is 4.24. The van der Waals surface area contributed by atoms with Gasteiger partial charge in [0.25, 0.3) is 0 Å². The van der Waals surface area contributed by atoms with E-state index in [-0.39, 0.29) is 0 Å². The van der Waals surface area contributed by atoms with Gasteiger partial charge in [0.05, 0.1) is 0 Å². The molecule has 2 atom stereocenters. The van der Waals surface area contributed by atoms with Crippen LogP contribution in [0.15, 0.2) is 29.8 Å². The van der Waals surface area contributed by atoms with Crippen molar-refractivity contribution in [2.75, 3.05) is 0 Å². The number of rotatable bonds is 1. The molecule has 0 heterocycles. The van der Waals surface area contributed by atoms with Gasteiger partial charge in [-0.05, 0) is 61.3 Å². The van der Waals surface area contributed by atoms with Crippen LogP contribution >= 0.6 is 0 Å². The van der Waals surface area contributed by atoms with E-state index in [1.165, 1.54) is 16.7 Å². The molecule has 1 aromatic rings. The molecule has 0 radical (unpaired) electrons. The fourth-order valence-corrected chi connectivity index (χ4v) is 2.86. The van der Waals surface area contributed by atoms with Gasteiger partial charge < -0.3 is 5.11 Å². The minimum Gasteiger partial charge on any atom is -0.508 e. The van der Waals surface area contributed by atoms with E-state index in [1.54, 1.807) is 0 Å². The predicted octanol–water partition coefficient (Wildman–Crippen LogP) is 4.41. The first-order valence-corrected chi connectivity index (χ1v) is 6.61. The van der Waals surface area contributed by atoms with E-state index in [9.17, 15) is 5.11 Å². The topological polar surface area (TPSA) is 20.2 Å². The van der Waals surface area contributed by atoms with Gasteiger partial charge in [0.1, 0.15) is 5.75 Å². The van der Waals surface area contributed by atoms with E-state index in [4.69, 9.17) is 0 Å². The van der Waals surface area contributed by atoms with Crippen LogP contribution < -0.4 is 0 Å². The highest BCUT2D eigenvalue weighted by Gasteiger charge is 2.20. The van der Waals surface area contributed by atoms with Crippen molar-refractivity contribution in [1.29, 1.82) is 0 Å². The molecule has 0 bridgehead atoms. The van der Waals surface area contributed by atoms with Gasteiger partial charge in [0.2, 0.25) is 0 Å². The lowest BCUT2D eigenvalue weighted by Crippen LogP contribution is -2.12. The number of phenols is 1. The Bertz CT molecular complexity index is 431. The summed E-state index contributed by atoms with van der Waals surface area (Å²) in [6, 6.07) is 5.86. The molecule has 0 spiro atoms. The van der Waals surface area contributed by atoms with Gasteiger partial charge in [0.15, 0.2) is 0 Å². The van der Waals surface area contributed by atoms with E-state index < -0.39 is 0 Å². The molecular formula is C16H22O. The van der Waals surface area contributed by atoms with Crippen LogP contribution in [0.2, 0.25) is 0 Å². The summed E-state index contributed by atoms with van der Waals surface area (Å²) in [6.45, 7) is 6.76. The van der Waals surface area contributed by atoms with E-state index in [0.29, 0.717) is 17.6 Å². The first kappa shape index (κ1) is 12.2. The van der Waals surface area contributed by atoms with Crippen LogP contribution in [0.4, 0.5) is 0 Å². The number of phenolic OH excluding ortho intramolecular Hbond substituents is 1. The van der Waals surface area contributed by atoms with Gasteiger partial charge in [0, 0.05) is 0 Å². The number of aromatic hydroxyl groups is 1. The van der Waals surface area contributed by atoms with Gasteiger partial charge in [-0.15, -0.1) is 0 Å². The number of benzene rings is 1. The van der Waals surface area contributed by atoms with E-state index in [1.807, 2.05) is 12.1 Å². The molecule has 1 N–H and O–H groups in total. The minimum atomic E-state index is 0.395. The molecule has 0 fully saturated rings. The maximum Gasteiger partial charge on any atom is 0.115 e. The molecule has 0 amide bonds. The molecule has 2 rings (SSSR count). The van der Waals surface area contributed by atoms with Crippen molar-refractivity contribution in [3.63, 3.8) is 0 Å². The Morgan fingerprint density at radius 1 is 1.29 bits per heavy atom. The lowest BCUT2D eigenvalue weighted by atomic mass is 9.79. The molecule has 1 aliphatic carbocycles. The van der Waals surface area contributed by atoms with Crippen molar-refractivity contribution in [2.45, 2.75) is 46.0 Å². The first-order valence-electron chi connectivity index (χ1n) is 6.61. The average molecular weight is 230 g/mol. The number of fused-ring (bicyclic) bond motifs is 1. The smallest absolute Gasteiger partial charge is 0.115 e. The number of aryl methyl sites for hydroxylation is 1. The third kappa shape index (κ3) is 2.54. The number of hydrogen-bond acceptors (Lipinski definition) is 1. The zero-order valence-electron chi connectivity index (χ0n) is 11.0. The summed E-state index contributed by atoms with van der Waals surface area (Å²) in [6.07, 6.45) is 5.82. The molecule has 1 aromatic carbocycles. The average Bonchev–Trinajstić information content (AvgIpc) is 2.32. The summed E-state index contributed by atoms with van der Waals surface area (Å²) in [5.74, 6) is 1.49. The Morgan fingerprint density at radius 2 is 2.06 bits per heavy atom. The van der Waals surface area contributed by atoms with Crippen molar-refractivity contribution in [2.24, 2.45) is 5.92 Å². The molecule has 17 heavy (non-hydrogen) atoms. The minimum absolute atomic E-state index is 0.395. The second-order valence-electron chi connectivity index (χ2n) is 5.26. The van der Waals surface area contributed by atoms with Crippen molar-refractivity contribution in [1.82, 2.24) is 0 Å². The van der Waals surface area contributed by atoms with E-state index in [2.05, 4.69) is 32.9 Å². The van der Waals surface area contributed by atoms with Crippen LogP contribution in [0, 0.1) is 5.92 Å². The van der Waals surface area contributed by atoms with Crippen LogP contribution in [0.25, 0.3) is 0 Å². The van der Waals surface area contributed by atoms with Crippen molar-refractivity contribution < 1.29 is 5.11 Å². The maximum absolute atomic E-state index is 9.66. The molecule has 0 aromatic heterocycles. The standard InChI is InChI=1S/C16H22O/c1-4-13-9-11(2)5-6-14-7-8-15(17)10-16(14)12(13)3/h7-10,12-13,17H,4-6H2,1-3H3. The Hall–Kier alpha value is -1.24. The second kappa shape index (κ2) is 4.95. The van der Waals surface area contributed by atoms with E-state index >= 15 is 0 Å². The molecule has 1 aliphatic rings. The molecule has 1 nitrogen and oxygen atoms in total. The largest absolute Gasteiger partial charge is 0.508 e. The third-order valence-electron chi connectivity index (χ3n) is 4.02. The van der Waals surface area contributed by atoms with Gasteiger partial charge >= 0.3 is 0 Å². The molecule has 0 aliphatic heterocycles. The Morgan fingerprint density at radius 3 is 2.76 bits per heavy atom. The monoisotopic (exact) mass is 230 g/mol. The zero-order chi connectivity index (χ0) is 12.4. The van der Waals surface area contributed by atoms with Crippen LogP contribution in [-0.2, 0) is 6.42 Å².